The Labute approximate surface area is 226 Å². The summed E-state index contributed by atoms with van der Waals surface area (Å²) < 4.78 is 4.69. The van der Waals surface area contributed by atoms with E-state index in [-0.39, 0.29) is 34.0 Å². The molecular weight excluding hydrogens is 548 g/mol. The quantitative estimate of drug-likeness (QED) is 0.164. The first kappa shape index (κ1) is 28.5. The second-order valence-corrected chi connectivity index (χ2v) is 9.16. The maximum atomic E-state index is 2.35. The van der Waals surface area contributed by atoms with Gasteiger partial charge in [-0.05, 0) is 35.7 Å². The van der Waals surface area contributed by atoms with Gasteiger partial charge in [0, 0.05) is 35.7 Å². The van der Waals surface area contributed by atoms with Crippen LogP contribution in [0.15, 0.2) is 85.5 Å². The number of halogens is 2. The Hall–Kier alpha value is -1.78. The van der Waals surface area contributed by atoms with E-state index in [1.807, 2.05) is 0 Å². The Bertz CT molecular complexity index is 1020. The first-order valence-corrected chi connectivity index (χ1v) is 12.6. The fourth-order valence-corrected chi connectivity index (χ4v) is 4.64. The summed E-state index contributed by atoms with van der Waals surface area (Å²) in [4.78, 5) is 0. The standard InChI is InChI=1S/C30H38N2.2BrH/c1(3-5-7-13-21-31-23-19-27-15-9-11-17-29(27)25-31)2-4-6-8-14-22-32-24-20-28-16-10-12-18-30(28)26-32;;/h9-12,15-20,23-26H,1-8,13-14,21-22H2;2*1H/q+2;;/p-2. The number of rotatable bonds is 13. The summed E-state index contributed by atoms with van der Waals surface area (Å²) in [6.07, 6.45) is 22.7. The van der Waals surface area contributed by atoms with Crippen LogP contribution in [-0.4, -0.2) is 0 Å². The largest absolute Gasteiger partial charge is 1.00 e. The lowest BCUT2D eigenvalue weighted by molar-refractivity contribution is -0.696. The fraction of sp³-hybridized carbons (Fsp3) is 0.400. The minimum absolute atomic E-state index is 0. The van der Waals surface area contributed by atoms with Crippen molar-refractivity contribution in [2.45, 2.75) is 77.3 Å². The maximum absolute atomic E-state index is 2.35. The second-order valence-electron chi connectivity index (χ2n) is 9.16. The molecule has 0 saturated heterocycles. The summed E-state index contributed by atoms with van der Waals surface area (Å²) in [6.45, 7) is 2.28. The van der Waals surface area contributed by atoms with Gasteiger partial charge in [0.25, 0.3) is 0 Å². The molecule has 0 N–H and O–H groups in total. The average Bonchev–Trinajstić information content (AvgIpc) is 2.84. The number of hydrogen-bond acceptors (Lipinski definition) is 0. The molecule has 0 atom stereocenters. The Morgan fingerprint density at radius 1 is 0.382 bits per heavy atom. The third-order valence-corrected chi connectivity index (χ3v) is 6.58. The van der Waals surface area contributed by atoms with Gasteiger partial charge >= 0.3 is 0 Å². The molecule has 34 heavy (non-hydrogen) atoms. The Morgan fingerprint density at radius 3 is 1.09 bits per heavy atom. The first-order chi connectivity index (χ1) is 15.9. The molecule has 182 valence electrons. The van der Waals surface area contributed by atoms with Crippen LogP contribution in [0.4, 0.5) is 0 Å². The molecule has 0 bridgehead atoms. The van der Waals surface area contributed by atoms with Crippen molar-refractivity contribution in [2.24, 2.45) is 0 Å². The molecule has 2 aromatic carbocycles. The topological polar surface area (TPSA) is 7.76 Å². The van der Waals surface area contributed by atoms with Crippen molar-refractivity contribution in [3.05, 3.63) is 85.5 Å². The zero-order chi connectivity index (χ0) is 21.8. The monoisotopic (exact) mass is 584 g/mol. The summed E-state index contributed by atoms with van der Waals surface area (Å²) >= 11 is 0. The molecule has 0 amide bonds. The molecular formula is C30H38Br2N2. The first-order valence-electron chi connectivity index (χ1n) is 12.6. The molecule has 0 radical (unpaired) electrons. The summed E-state index contributed by atoms with van der Waals surface area (Å²) in [5, 5.41) is 5.34. The van der Waals surface area contributed by atoms with Crippen molar-refractivity contribution < 1.29 is 43.1 Å². The van der Waals surface area contributed by atoms with Crippen LogP contribution in [0.1, 0.15) is 64.2 Å². The van der Waals surface area contributed by atoms with E-state index < -0.39 is 0 Å². The van der Waals surface area contributed by atoms with E-state index in [0.29, 0.717) is 0 Å². The minimum Gasteiger partial charge on any atom is -1.00 e. The molecule has 0 unspecified atom stereocenters. The summed E-state index contributed by atoms with van der Waals surface area (Å²) in [5.41, 5.74) is 0. The smallest absolute Gasteiger partial charge is 0.176 e. The average molecular weight is 586 g/mol. The van der Waals surface area contributed by atoms with Crippen molar-refractivity contribution in [1.29, 1.82) is 0 Å². The third kappa shape index (κ3) is 9.11. The number of pyridine rings is 2. The van der Waals surface area contributed by atoms with Crippen LogP contribution in [0, 0.1) is 0 Å². The van der Waals surface area contributed by atoms with Crippen molar-refractivity contribution in [2.75, 3.05) is 0 Å². The molecule has 2 aromatic heterocycles. The van der Waals surface area contributed by atoms with Crippen molar-refractivity contribution in [1.82, 2.24) is 0 Å². The molecule has 0 saturated carbocycles. The number of unbranched alkanes of at least 4 members (excludes halogenated alkanes) is 9. The van der Waals surface area contributed by atoms with E-state index >= 15 is 0 Å². The molecule has 4 aromatic rings. The highest BCUT2D eigenvalue weighted by Crippen LogP contribution is 2.13. The van der Waals surface area contributed by atoms with Gasteiger partial charge in [-0.2, -0.15) is 0 Å². The lowest BCUT2D eigenvalue weighted by Crippen LogP contribution is -3.00. The Kier molecular flexibility index (Phi) is 13.4. The molecule has 0 aliphatic carbocycles. The molecule has 0 fully saturated rings. The molecule has 2 nitrogen and oxygen atoms in total. The molecule has 0 aliphatic heterocycles. The molecule has 4 rings (SSSR count). The van der Waals surface area contributed by atoms with E-state index in [9.17, 15) is 0 Å². The summed E-state index contributed by atoms with van der Waals surface area (Å²) in [7, 11) is 0. The molecule has 0 aliphatic rings. The Morgan fingerprint density at radius 2 is 0.706 bits per heavy atom. The SMILES string of the molecule is [Br-].[Br-].c1ccc2c[n+](CCCCCCCCCCCC[n+]3ccc4ccccc4c3)ccc2c1. The second kappa shape index (κ2) is 16.0. The third-order valence-electron chi connectivity index (χ3n) is 6.58. The van der Waals surface area contributed by atoms with Crippen LogP contribution in [0.3, 0.4) is 0 Å². The van der Waals surface area contributed by atoms with Gasteiger partial charge in [-0.3, -0.25) is 0 Å². The lowest BCUT2D eigenvalue weighted by atomic mass is 10.1. The lowest BCUT2D eigenvalue weighted by Gasteiger charge is -2.03. The zero-order valence-corrected chi connectivity index (χ0v) is 23.4. The van der Waals surface area contributed by atoms with Crippen LogP contribution in [-0.2, 0) is 13.1 Å². The zero-order valence-electron chi connectivity index (χ0n) is 20.2. The van der Waals surface area contributed by atoms with Gasteiger partial charge in [-0.1, -0.05) is 74.9 Å². The highest BCUT2D eigenvalue weighted by atomic mass is 79.9. The van der Waals surface area contributed by atoms with Gasteiger partial charge < -0.3 is 34.0 Å². The highest BCUT2D eigenvalue weighted by molar-refractivity contribution is 5.80. The number of nitrogens with zero attached hydrogens (tertiary/aromatic N) is 2. The maximum Gasteiger partial charge on any atom is 0.176 e. The highest BCUT2D eigenvalue weighted by Gasteiger charge is 2.04. The number of aromatic nitrogens is 2. The minimum atomic E-state index is 0. The van der Waals surface area contributed by atoms with E-state index in [4.69, 9.17) is 0 Å². The summed E-state index contributed by atoms with van der Waals surface area (Å²) in [6, 6.07) is 21.7. The number of hydrogen-bond donors (Lipinski definition) is 0. The van der Waals surface area contributed by atoms with E-state index in [1.54, 1.807) is 0 Å². The van der Waals surface area contributed by atoms with Gasteiger partial charge in [0.05, 0.1) is 0 Å². The predicted octanol–water partition coefficient (Wildman–Crippen LogP) is 1.18. The van der Waals surface area contributed by atoms with Gasteiger partial charge in [-0.25, -0.2) is 9.13 Å². The van der Waals surface area contributed by atoms with Gasteiger partial charge in [0.2, 0.25) is 0 Å². The van der Waals surface area contributed by atoms with Crippen molar-refractivity contribution in [3.8, 4) is 0 Å². The van der Waals surface area contributed by atoms with Gasteiger partial charge in [-0.15, -0.1) is 0 Å². The van der Waals surface area contributed by atoms with Crippen molar-refractivity contribution >= 4 is 21.5 Å². The normalized spacial score (nSPS) is 10.7. The van der Waals surface area contributed by atoms with E-state index in [0.717, 1.165) is 13.1 Å². The molecule has 0 spiro atoms. The number of benzene rings is 2. The van der Waals surface area contributed by atoms with Crippen LogP contribution in [0.2, 0.25) is 0 Å². The van der Waals surface area contributed by atoms with Gasteiger partial charge in [0.1, 0.15) is 13.1 Å². The predicted molar refractivity (Wildman–Crippen MR) is 134 cm³/mol. The molecule has 2 heterocycles. The van der Waals surface area contributed by atoms with E-state index in [2.05, 4.69) is 94.6 Å². The number of fused-ring (bicyclic) bond motifs is 2. The van der Waals surface area contributed by atoms with Crippen LogP contribution < -0.4 is 43.1 Å². The van der Waals surface area contributed by atoms with E-state index in [1.165, 1.54) is 85.8 Å². The van der Waals surface area contributed by atoms with Crippen LogP contribution in [0.25, 0.3) is 21.5 Å². The Balaban J connectivity index is 0.00000204. The number of aryl methyl sites for hydroxylation is 2. The van der Waals surface area contributed by atoms with Crippen molar-refractivity contribution in [3.63, 3.8) is 0 Å². The van der Waals surface area contributed by atoms with Crippen LogP contribution in [0.5, 0.6) is 0 Å². The fourth-order valence-electron chi connectivity index (χ4n) is 4.64. The molecule has 4 heteroatoms. The summed E-state index contributed by atoms with van der Waals surface area (Å²) in [5.74, 6) is 0. The van der Waals surface area contributed by atoms with Gasteiger partial charge in [0.15, 0.2) is 24.8 Å². The van der Waals surface area contributed by atoms with Crippen LogP contribution >= 0.6 is 0 Å².